The van der Waals surface area contributed by atoms with Crippen molar-refractivity contribution in [1.29, 1.82) is 0 Å². The molecule has 3 heteroatoms. The quantitative estimate of drug-likeness (QED) is 0.0495. The monoisotopic (exact) mass is 656 g/mol. The zero-order valence-electron chi connectivity index (χ0n) is 31.8. The molecule has 1 rings (SSSR count). The molecule has 0 unspecified atom stereocenters. The van der Waals surface area contributed by atoms with Crippen molar-refractivity contribution in [3.63, 3.8) is 0 Å². The smallest absolute Gasteiger partial charge is 0.0528 e. The van der Waals surface area contributed by atoms with Crippen LogP contribution in [0.1, 0.15) is 181 Å². The SMILES string of the molecule is CCCCC/C=C\C/C=C\CCCCCCCCOCC(COCCCCCCCC/C=C\C/C=C\CCCCC)CN1CCCC1. The van der Waals surface area contributed by atoms with Gasteiger partial charge in [-0.3, -0.25) is 0 Å². The lowest BCUT2D eigenvalue weighted by molar-refractivity contribution is 0.0247. The minimum Gasteiger partial charge on any atom is -0.381 e. The van der Waals surface area contributed by atoms with E-state index in [1.54, 1.807) is 0 Å². The summed E-state index contributed by atoms with van der Waals surface area (Å²) in [6, 6.07) is 0. The van der Waals surface area contributed by atoms with Gasteiger partial charge in [-0.25, -0.2) is 0 Å². The lowest BCUT2D eigenvalue weighted by atomic mass is 10.1. The first-order valence-electron chi connectivity index (χ1n) is 20.8. The van der Waals surface area contributed by atoms with Crippen LogP contribution in [0, 0.1) is 5.92 Å². The molecule has 0 N–H and O–H groups in total. The third-order valence-electron chi connectivity index (χ3n) is 9.40. The Hall–Kier alpha value is -1.16. The molecule has 0 aromatic heterocycles. The number of ether oxygens (including phenoxy) is 2. The van der Waals surface area contributed by atoms with E-state index in [9.17, 15) is 0 Å². The molecule has 1 heterocycles. The summed E-state index contributed by atoms with van der Waals surface area (Å²) in [5.41, 5.74) is 0. The Morgan fingerprint density at radius 2 is 0.809 bits per heavy atom. The van der Waals surface area contributed by atoms with Gasteiger partial charge >= 0.3 is 0 Å². The molecule has 1 aliphatic rings. The maximum Gasteiger partial charge on any atom is 0.0528 e. The molecule has 1 saturated heterocycles. The second-order valence-electron chi connectivity index (χ2n) is 14.2. The molecular formula is C44H81NO2. The number of likely N-dealkylation sites (tertiary alicyclic amines) is 1. The standard InChI is InChI=1S/C44H81NO2/c1-3-5-7-9-11-13-15-17-19-21-23-25-27-29-31-35-39-46-42-44(41-45-37-33-34-38-45)43-47-40-36-32-30-28-26-24-22-20-18-16-14-12-10-8-6-4-2/h11-14,17-20,44H,3-10,15-16,21-43H2,1-2H3/b13-11-,14-12-,19-17-,20-18-. The van der Waals surface area contributed by atoms with Crippen LogP contribution in [-0.4, -0.2) is 51.0 Å². The first-order chi connectivity index (χ1) is 23.4. The Morgan fingerprint density at radius 3 is 1.21 bits per heavy atom. The maximum atomic E-state index is 6.18. The molecule has 1 aliphatic heterocycles. The number of allylic oxidation sites excluding steroid dienone is 8. The van der Waals surface area contributed by atoms with Crippen LogP contribution in [0.4, 0.5) is 0 Å². The number of nitrogens with zero attached hydrogens (tertiary/aromatic N) is 1. The Balaban J connectivity index is 1.96. The summed E-state index contributed by atoms with van der Waals surface area (Å²) in [6.07, 6.45) is 52.6. The lowest BCUT2D eigenvalue weighted by Gasteiger charge is -2.23. The van der Waals surface area contributed by atoms with Crippen molar-refractivity contribution < 1.29 is 9.47 Å². The highest BCUT2D eigenvalue weighted by Gasteiger charge is 2.18. The molecular weight excluding hydrogens is 574 g/mol. The summed E-state index contributed by atoms with van der Waals surface area (Å²) in [7, 11) is 0. The minimum absolute atomic E-state index is 0.516. The summed E-state index contributed by atoms with van der Waals surface area (Å²) in [4.78, 5) is 2.62. The van der Waals surface area contributed by atoms with Crippen LogP contribution < -0.4 is 0 Å². The second-order valence-corrected chi connectivity index (χ2v) is 14.2. The van der Waals surface area contributed by atoms with E-state index in [0.717, 1.165) is 45.8 Å². The number of hydrogen-bond donors (Lipinski definition) is 0. The molecule has 0 radical (unpaired) electrons. The fraction of sp³-hybridized carbons (Fsp3) is 0.818. The Morgan fingerprint density at radius 1 is 0.447 bits per heavy atom. The van der Waals surface area contributed by atoms with Crippen molar-refractivity contribution in [1.82, 2.24) is 4.90 Å². The lowest BCUT2D eigenvalue weighted by Crippen LogP contribution is -2.32. The first-order valence-corrected chi connectivity index (χ1v) is 20.8. The number of hydrogen-bond acceptors (Lipinski definition) is 3. The van der Waals surface area contributed by atoms with E-state index in [1.807, 2.05) is 0 Å². The molecule has 3 nitrogen and oxygen atoms in total. The van der Waals surface area contributed by atoms with Gasteiger partial charge in [-0.1, -0.05) is 140 Å². The van der Waals surface area contributed by atoms with Gasteiger partial charge < -0.3 is 14.4 Å². The van der Waals surface area contributed by atoms with E-state index in [-0.39, 0.29) is 0 Å². The van der Waals surface area contributed by atoms with E-state index < -0.39 is 0 Å². The molecule has 0 aromatic rings. The van der Waals surface area contributed by atoms with Crippen molar-refractivity contribution in [2.75, 3.05) is 46.1 Å². The minimum atomic E-state index is 0.516. The molecule has 0 spiro atoms. The normalized spacial score (nSPS) is 14.5. The maximum absolute atomic E-state index is 6.18. The molecule has 0 bridgehead atoms. The van der Waals surface area contributed by atoms with Crippen molar-refractivity contribution in [2.24, 2.45) is 5.92 Å². The van der Waals surface area contributed by atoms with Crippen LogP contribution in [0.15, 0.2) is 48.6 Å². The van der Waals surface area contributed by atoms with Gasteiger partial charge in [0.2, 0.25) is 0 Å². The predicted molar refractivity (Wildman–Crippen MR) is 210 cm³/mol. The van der Waals surface area contributed by atoms with Crippen molar-refractivity contribution >= 4 is 0 Å². The van der Waals surface area contributed by atoms with Gasteiger partial charge in [0.25, 0.3) is 0 Å². The van der Waals surface area contributed by atoms with Crippen molar-refractivity contribution in [2.45, 2.75) is 181 Å². The van der Waals surface area contributed by atoms with Crippen LogP contribution in [0.25, 0.3) is 0 Å². The fourth-order valence-corrected chi connectivity index (χ4v) is 6.37. The number of rotatable bonds is 36. The van der Waals surface area contributed by atoms with Gasteiger partial charge in [0.15, 0.2) is 0 Å². The first kappa shape index (κ1) is 43.9. The highest BCUT2D eigenvalue weighted by Crippen LogP contribution is 2.14. The van der Waals surface area contributed by atoms with E-state index in [0.29, 0.717) is 5.92 Å². The Kier molecular flexibility index (Phi) is 35.1. The fourth-order valence-electron chi connectivity index (χ4n) is 6.37. The van der Waals surface area contributed by atoms with Crippen molar-refractivity contribution in [3.05, 3.63) is 48.6 Å². The van der Waals surface area contributed by atoms with E-state index in [1.165, 1.54) is 167 Å². The van der Waals surface area contributed by atoms with Crippen LogP contribution in [-0.2, 0) is 9.47 Å². The third-order valence-corrected chi connectivity index (χ3v) is 9.40. The second kappa shape index (κ2) is 37.7. The highest BCUT2D eigenvalue weighted by molar-refractivity contribution is 4.93. The highest BCUT2D eigenvalue weighted by atomic mass is 16.5. The molecule has 0 amide bonds. The largest absolute Gasteiger partial charge is 0.381 e. The van der Waals surface area contributed by atoms with E-state index in [2.05, 4.69) is 67.4 Å². The molecule has 47 heavy (non-hydrogen) atoms. The van der Waals surface area contributed by atoms with Gasteiger partial charge in [0.1, 0.15) is 0 Å². The molecule has 1 fully saturated rings. The third kappa shape index (κ3) is 33.1. The molecule has 0 saturated carbocycles. The molecule has 274 valence electrons. The average Bonchev–Trinajstić information content (AvgIpc) is 3.60. The zero-order valence-corrected chi connectivity index (χ0v) is 31.8. The van der Waals surface area contributed by atoms with Crippen LogP contribution >= 0.6 is 0 Å². The molecule has 0 aliphatic carbocycles. The van der Waals surface area contributed by atoms with Crippen LogP contribution in [0.3, 0.4) is 0 Å². The summed E-state index contributed by atoms with van der Waals surface area (Å²) in [5, 5.41) is 0. The van der Waals surface area contributed by atoms with Crippen molar-refractivity contribution in [3.8, 4) is 0 Å². The summed E-state index contributed by atoms with van der Waals surface area (Å²) in [5.74, 6) is 0.516. The Labute approximate surface area is 295 Å². The molecule has 0 aromatic carbocycles. The van der Waals surface area contributed by atoms with E-state index >= 15 is 0 Å². The van der Waals surface area contributed by atoms with Gasteiger partial charge in [-0.05, 0) is 103 Å². The van der Waals surface area contributed by atoms with E-state index in [4.69, 9.17) is 9.47 Å². The topological polar surface area (TPSA) is 21.7 Å². The van der Waals surface area contributed by atoms with Gasteiger partial charge in [0, 0.05) is 25.7 Å². The number of unbranched alkanes of at least 4 members (excludes halogenated alkanes) is 18. The van der Waals surface area contributed by atoms with Crippen LogP contribution in [0.5, 0.6) is 0 Å². The van der Waals surface area contributed by atoms with Gasteiger partial charge in [-0.15, -0.1) is 0 Å². The summed E-state index contributed by atoms with van der Waals surface area (Å²) >= 11 is 0. The zero-order chi connectivity index (χ0) is 33.6. The van der Waals surface area contributed by atoms with Gasteiger partial charge in [0.05, 0.1) is 13.2 Å². The molecule has 0 atom stereocenters. The van der Waals surface area contributed by atoms with Gasteiger partial charge in [-0.2, -0.15) is 0 Å². The van der Waals surface area contributed by atoms with Crippen LogP contribution in [0.2, 0.25) is 0 Å². The average molecular weight is 656 g/mol. The predicted octanol–water partition coefficient (Wildman–Crippen LogP) is 13.4. The Bertz CT molecular complexity index is 668. The summed E-state index contributed by atoms with van der Waals surface area (Å²) in [6.45, 7) is 11.8. The summed E-state index contributed by atoms with van der Waals surface area (Å²) < 4.78 is 12.4.